The van der Waals surface area contributed by atoms with Crippen molar-refractivity contribution in [3.05, 3.63) is 60.8 Å². The van der Waals surface area contributed by atoms with Gasteiger partial charge in [0.25, 0.3) is 0 Å². The maximum absolute atomic E-state index is 5.61. The van der Waals surface area contributed by atoms with Gasteiger partial charge < -0.3 is 15.0 Å². The first kappa shape index (κ1) is 15.7. The second-order valence-corrected chi connectivity index (χ2v) is 5.09. The molecule has 0 atom stereocenters. The fraction of sp³-hybridized carbons (Fsp3) is 0.167. The van der Waals surface area contributed by atoms with Gasteiger partial charge in [0, 0.05) is 12.7 Å². The maximum atomic E-state index is 5.61. The summed E-state index contributed by atoms with van der Waals surface area (Å²) in [5, 5.41) is 11.3. The lowest BCUT2D eigenvalue weighted by Gasteiger charge is -2.18. The quantitative estimate of drug-likeness (QED) is 0.745. The Balaban J connectivity index is 1.84. The molecule has 1 heterocycles. The van der Waals surface area contributed by atoms with Crippen molar-refractivity contribution in [1.82, 2.24) is 15.2 Å². The van der Waals surface area contributed by atoms with Crippen LogP contribution in [-0.4, -0.2) is 28.8 Å². The van der Waals surface area contributed by atoms with Crippen LogP contribution < -0.4 is 15.0 Å². The van der Waals surface area contributed by atoms with Gasteiger partial charge in [-0.15, -0.1) is 5.10 Å². The minimum Gasteiger partial charge on any atom is -0.492 e. The Bertz CT molecular complexity index is 794. The van der Waals surface area contributed by atoms with Crippen molar-refractivity contribution in [3.8, 4) is 5.75 Å². The van der Waals surface area contributed by atoms with Gasteiger partial charge in [-0.1, -0.05) is 30.3 Å². The highest BCUT2D eigenvalue weighted by Crippen LogP contribution is 2.27. The zero-order chi connectivity index (χ0) is 16.8. The van der Waals surface area contributed by atoms with Crippen LogP contribution in [0.15, 0.2) is 60.8 Å². The first-order chi connectivity index (χ1) is 11.8. The molecule has 0 spiro atoms. The van der Waals surface area contributed by atoms with Crippen LogP contribution in [0.1, 0.15) is 6.92 Å². The Morgan fingerprint density at radius 1 is 1.04 bits per heavy atom. The third kappa shape index (κ3) is 3.60. The normalized spacial score (nSPS) is 10.2. The van der Waals surface area contributed by atoms with E-state index < -0.39 is 0 Å². The fourth-order valence-electron chi connectivity index (χ4n) is 2.27. The fourth-order valence-corrected chi connectivity index (χ4v) is 2.27. The smallest absolute Gasteiger partial charge is 0.249 e. The van der Waals surface area contributed by atoms with Crippen molar-refractivity contribution in [1.29, 1.82) is 0 Å². The van der Waals surface area contributed by atoms with E-state index in [4.69, 9.17) is 4.74 Å². The molecule has 1 N–H and O–H groups in total. The molecule has 0 unspecified atom stereocenters. The standard InChI is InChI=1S/C18H19N5O/c1-3-24-16-12-8-7-11-15(16)20-18-21-17(13-19-22-18)23(2)14-9-5-4-6-10-14/h4-13H,3H2,1-2H3,(H,20,21,22). The van der Waals surface area contributed by atoms with Crippen LogP contribution in [0.3, 0.4) is 0 Å². The van der Waals surface area contributed by atoms with Gasteiger partial charge >= 0.3 is 0 Å². The second-order valence-electron chi connectivity index (χ2n) is 5.09. The molecule has 0 radical (unpaired) electrons. The number of hydrogen-bond acceptors (Lipinski definition) is 6. The molecule has 6 nitrogen and oxygen atoms in total. The number of benzene rings is 2. The molecule has 0 aliphatic heterocycles. The Morgan fingerprint density at radius 2 is 1.79 bits per heavy atom. The maximum Gasteiger partial charge on any atom is 0.249 e. The van der Waals surface area contributed by atoms with Crippen LogP contribution in [-0.2, 0) is 0 Å². The first-order valence-electron chi connectivity index (χ1n) is 7.75. The van der Waals surface area contributed by atoms with Crippen molar-refractivity contribution >= 4 is 23.1 Å². The minimum atomic E-state index is 0.419. The second kappa shape index (κ2) is 7.41. The summed E-state index contributed by atoms with van der Waals surface area (Å²) in [7, 11) is 1.94. The van der Waals surface area contributed by atoms with Crippen LogP contribution in [0, 0.1) is 0 Å². The lowest BCUT2D eigenvalue weighted by Crippen LogP contribution is -2.13. The molecule has 24 heavy (non-hydrogen) atoms. The van der Waals surface area contributed by atoms with Gasteiger partial charge in [-0.2, -0.15) is 10.1 Å². The van der Waals surface area contributed by atoms with Crippen molar-refractivity contribution in [2.75, 3.05) is 23.9 Å². The van der Waals surface area contributed by atoms with E-state index in [2.05, 4.69) is 20.5 Å². The van der Waals surface area contributed by atoms with Gasteiger partial charge in [0.1, 0.15) is 5.75 Å². The molecule has 0 saturated carbocycles. The van der Waals surface area contributed by atoms with Crippen LogP contribution in [0.2, 0.25) is 0 Å². The Morgan fingerprint density at radius 3 is 2.58 bits per heavy atom. The molecule has 2 aromatic carbocycles. The monoisotopic (exact) mass is 321 g/mol. The zero-order valence-electron chi connectivity index (χ0n) is 13.7. The number of nitrogens with one attached hydrogen (secondary N) is 1. The molecule has 1 aromatic heterocycles. The van der Waals surface area contributed by atoms with E-state index in [0.717, 1.165) is 17.1 Å². The summed E-state index contributed by atoms with van der Waals surface area (Å²) in [6.07, 6.45) is 1.63. The van der Waals surface area contributed by atoms with E-state index in [1.807, 2.05) is 73.5 Å². The van der Waals surface area contributed by atoms with E-state index in [0.29, 0.717) is 18.4 Å². The summed E-state index contributed by atoms with van der Waals surface area (Å²) < 4.78 is 5.61. The molecule has 3 rings (SSSR count). The van der Waals surface area contributed by atoms with E-state index in [1.165, 1.54) is 0 Å². The molecule has 0 aliphatic carbocycles. The average molecular weight is 321 g/mol. The molecule has 0 amide bonds. The van der Waals surface area contributed by atoms with Crippen molar-refractivity contribution in [2.24, 2.45) is 0 Å². The Hall–Kier alpha value is -3.15. The summed E-state index contributed by atoms with van der Waals surface area (Å²) in [6, 6.07) is 17.6. The third-order valence-electron chi connectivity index (χ3n) is 3.47. The predicted octanol–water partition coefficient (Wildman–Crippen LogP) is 3.78. The van der Waals surface area contributed by atoms with Crippen molar-refractivity contribution < 1.29 is 4.74 Å². The van der Waals surface area contributed by atoms with E-state index in [-0.39, 0.29) is 0 Å². The molecule has 122 valence electrons. The molecule has 0 bridgehead atoms. The van der Waals surface area contributed by atoms with Crippen LogP contribution in [0.25, 0.3) is 0 Å². The average Bonchev–Trinajstić information content (AvgIpc) is 2.64. The number of rotatable bonds is 6. The highest BCUT2D eigenvalue weighted by Gasteiger charge is 2.09. The summed E-state index contributed by atoms with van der Waals surface area (Å²) in [4.78, 5) is 6.48. The molecular formula is C18H19N5O. The van der Waals surface area contributed by atoms with Gasteiger partial charge in [0.05, 0.1) is 18.5 Å². The predicted molar refractivity (Wildman–Crippen MR) is 95.2 cm³/mol. The largest absolute Gasteiger partial charge is 0.492 e. The van der Waals surface area contributed by atoms with Crippen molar-refractivity contribution in [2.45, 2.75) is 6.92 Å². The van der Waals surface area contributed by atoms with Crippen molar-refractivity contribution in [3.63, 3.8) is 0 Å². The van der Waals surface area contributed by atoms with E-state index in [9.17, 15) is 0 Å². The molecule has 0 aliphatic rings. The number of ether oxygens (including phenoxy) is 1. The van der Waals surface area contributed by atoms with E-state index in [1.54, 1.807) is 6.20 Å². The van der Waals surface area contributed by atoms with Gasteiger partial charge in [-0.05, 0) is 31.2 Å². The Kier molecular flexibility index (Phi) is 4.86. The molecule has 3 aromatic rings. The highest BCUT2D eigenvalue weighted by atomic mass is 16.5. The number of hydrogen-bond donors (Lipinski definition) is 1. The SMILES string of the molecule is CCOc1ccccc1Nc1nncc(N(C)c2ccccc2)n1. The lowest BCUT2D eigenvalue weighted by molar-refractivity contribution is 0.342. The number of aromatic nitrogens is 3. The molecule has 0 fully saturated rings. The topological polar surface area (TPSA) is 63.2 Å². The van der Waals surface area contributed by atoms with E-state index >= 15 is 0 Å². The van der Waals surface area contributed by atoms with Gasteiger partial charge in [0.2, 0.25) is 5.95 Å². The molecule has 0 saturated heterocycles. The van der Waals surface area contributed by atoms with Crippen LogP contribution >= 0.6 is 0 Å². The summed E-state index contributed by atoms with van der Waals surface area (Å²) in [5.41, 5.74) is 1.83. The van der Waals surface area contributed by atoms with Crippen LogP contribution in [0.5, 0.6) is 5.75 Å². The van der Waals surface area contributed by atoms with Gasteiger partial charge in [-0.25, -0.2) is 0 Å². The minimum absolute atomic E-state index is 0.419. The first-order valence-corrected chi connectivity index (χ1v) is 7.75. The molecule has 6 heteroatoms. The van der Waals surface area contributed by atoms with Crippen LogP contribution in [0.4, 0.5) is 23.1 Å². The Labute approximate surface area is 141 Å². The van der Waals surface area contributed by atoms with Gasteiger partial charge in [-0.3, -0.25) is 0 Å². The molecular weight excluding hydrogens is 302 g/mol. The number of nitrogens with zero attached hydrogens (tertiary/aromatic N) is 4. The number of para-hydroxylation sites is 3. The lowest BCUT2D eigenvalue weighted by atomic mass is 10.3. The zero-order valence-corrected chi connectivity index (χ0v) is 13.7. The summed E-state index contributed by atoms with van der Waals surface area (Å²) in [6.45, 7) is 2.54. The third-order valence-corrected chi connectivity index (χ3v) is 3.47. The highest BCUT2D eigenvalue weighted by molar-refractivity contribution is 5.64. The van der Waals surface area contributed by atoms with Gasteiger partial charge in [0.15, 0.2) is 5.82 Å². The summed E-state index contributed by atoms with van der Waals surface area (Å²) >= 11 is 0. The number of anilines is 4. The summed E-state index contributed by atoms with van der Waals surface area (Å²) in [5.74, 6) is 1.88.